The number of rotatable bonds is 2. The van der Waals surface area contributed by atoms with Crippen molar-refractivity contribution in [1.29, 1.82) is 0 Å². The Balaban J connectivity index is 2.19. The van der Waals surface area contributed by atoms with E-state index in [-0.39, 0.29) is 5.69 Å². The van der Waals surface area contributed by atoms with Gasteiger partial charge >= 0.3 is 5.97 Å². The first-order chi connectivity index (χ1) is 8.25. The fourth-order valence-corrected chi connectivity index (χ4v) is 1.87. The highest BCUT2D eigenvalue weighted by Gasteiger charge is 2.11. The molecule has 17 heavy (non-hydrogen) atoms. The molecule has 5 nitrogen and oxygen atoms in total. The third-order valence-corrected chi connectivity index (χ3v) is 2.67. The van der Waals surface area contributed by atoms with E-state index in [0.29, 0.717) is 5.69 Å². The molecule has 0 bridgehead atoms. The molecule has 0 saturated carbocycles. The fourth-order valence-electron chi connectivity index (χ4n) is 1.87. The molecule has 0 atom stereocenters. The highest BCUT2D eigenvalue weighted by atomic mass is 16.4. The van der Waals surface area contributed by atoms with Crippen molar-refractivity contribution in [3.05, 3.63) is 42.2 Å². The number of aromatic amines is 2. The molecule has 0 spiro atoms. The first-order valence-electron chi connectivity index (χ1n) is 5.11. The number of aromatic nitrogens is 3. The van der Waals surface area contributed by atoms with E-state index in [0.717, 1.165) is 16.5 Å². The average molecular weight is 227 g/mol. The van der Waals surface area contributed by atoms with Crippen molar-refractivity contribution in [3.8, 4) is 11.3 Å². The zero-order valence-corrected chi connectivity index (χ0v) is 8.77. The van der Waals surface area contributed by atoms with Crippen molar-refractivity contribution in [1.82, 2.24) is 15.2 Å². The molecule has 3 rings (SSSR count). The number of carbonyl (C=O) groups is 1. The van der Waals surface area contributed by atoms with Gasteiger partial charge in [0.05, 0.1) is 11.2 Å². The number of carboxylic acid groups (broad SMARTS) is 1. The number of nitrogens with zero attached hydrogens (tertiary/aromatic N) is 1. The summed E-state index contributed by atoms with van der Waals surface area (Å²) in [6.45, 7) is 0. The summed E-state index contributed by atoms with van der Waals surface area (Å²) in [5.74, 6) is -1.01. The molecule has 0 aliphatic heterocycles. The average Bonchev–Trinajstić information content (AvgIpc) is 2.97. The zero-order chi connectivity index (χ0) is 11.8. The molecule has 0 aliphatic carbocycles. The second-order valence-electron chi connectivity index (χ2n) is 3.72. The Morgan fingerprint density at radius 3 is 2.94 bits per heavy atom. The number of para-hydroxylation sites is 1. The van der Waals surface area contributed by atoms with Crippen molar-refractivity contribution >= 4 is 16.9 Å². The van der Waals surface area contributed by atoms with Gasteiger partial charge in [-0.1, -0.05) is 18.2 Å². The number of nitrogens with one attached hydrogen (secondary N) is 2. The maximum Gasteiger partial charge on any atom is 0.353 e. The topological polar surface area (TPSA) is 81.8 Å². The quantitative estimate of drug-likeness (QED) is 0.628. The van der Waals surface area contributed by atoms with Crippen molar-refractivity contribution in [2.45, 2.75) is 0 Å². The van der Waals surface area contributed by atoms with Gasteiger partial charge in [0, 0.05) is 17.1 Å². The number of hydrogen-bond acceptors (Lipinski definition) is 2. The van der Waals surface area contributed by atoms with Gasteiger partial charge in [-0.3, -0.25) is 5.10 Å². The van der Waals surface area contributed by atoms with Crippen LogP contribution in [0.5, 0.6) is 0 Å². The smallest absolute Gasteiger partial charge is 0.353 e. The molecule has 0 saturated heterocycles. The van der Waals surface area contributed by atoms with Crippen LogP contribution in [0.2, 0.25) is 0 Å². The largest absolute Gasteiger partial charge is 0.477 e. The third kappa shape index (κ3) is 1.48. The van der Waals surface area contributed by atoms with Crippen molar-refractivity contribution in [2.24, 2.45) is 0 Å². The summed E-state index contributed by atoms with van der Waals surface area (Å²) < 4.78 is 0. The summed E-state index contributed by atoms with van der Waals surface area (Å²) in [5.41, 5.74) is 2.55. The Morgan fingerprint density at radius 2 is 2.18 bits per heavy atom. The lowest BCUT2D eigenvalue weighted by atomic mass is 10.1. The molecule has 0 fully saturated rings. The minimum atomic E-state index is -1.01. The van der Waals surface area contributed by atoms with Crippen molar-refractivity contribution in [2.75, 3.05) is 0 Å². The van der Waals surface area contributed by atoms with E-state index in [9.17, 15) is 4.79 Å². The number of benzene rings is 1. The molecule has 84 valence electrons. The Labute approximate surface area is 96.1 Å². The molecule has 0 amide bonds. The van der Waals surface area contributed by atoms with Gasteiger partial charge in [0.2, 0.25) is 0 Å². The predicted octanol–water partition coefficient (Wildman–Crippen LogP) is 2.26. The molecular formula is C12H9N3O2. The summed E-state index contributed by atoms with van der Waals surface area (Å²) in [6, 6.07) is 9.29. The number of H-pyrrole nitrogens is 2. The summed E-state index contributed by atoms with van der Waals surface area (Å²) in [7, 11) is 0. The van der Waals surface area contributed by atoms with E-state index in [1.54, 1.807) is 0 Å². The summed E-state index contributed by atoms with van der Waals surface area (Å²) >= 11 is 0. The second-order valence-corrected chi connectivity index (χ2v) is 3.72. The van der Waals surface area contributed by atoms with Gasteiger partial charge in [-0.2, -0.15) is 5.10 Å². The first kappa shape index (κ1) is 9.65. The highest BCUT2D eigenvalue weighted by Crippen LogP contribution is 2.26. The van der Waals surface area contributed by atoms with E-state index in [1.807, 2.05) is 30.5 Å². The highest BCUT2D eigenvalue weighted by molar-refractivity contribution is 5.94. The van der Waals surface area contributed by atoms with Crippen LogP contribution < -0.4 is 0 Å². The standard InChI is InChI=1S/C12H9N3O2/c16-12(17)10-6-9(14-15-10)8-3-1-2-7-4-5-13-11(7)8/h1-6,13H,(H,14,15)(H,16,17). The maximum atomic E-state index is 10.8. The number of aromatic carboxylic acids is 1. The predicted molar refractivity (Wildman–Crippen MR) is 62.8 cm³/mol. The Hall–Kier alpha value is -2.56. The van der Waals surface area contributed by atoms with Crippen LogP contribution in [-0.2, 0) is 0 Å². The molecule has 3 aromatic rings. The Kier molecular flexibility index (Phi) is 1.98. The van der Waals surface area contributed by atoms with Crippen molar-refractivity contribution in [3.63, 3.8) is 0 Å². The monoisotopic (exact) mass is 227 g/mol. The molecule has 0 aliphatic rings. The second kappa shape index (κ2) is 3.48. The van der Waals surface area contributed by atoms with Gasteiger partial charge in [-0.15, -0.1) is 0 Å². The molecular weight excluding hydrogens is 218 g/mol. The Morgan fingerprint density at radius 1 is 1.29 bits per heavy atom. The van der Waals surface area contributed by atoms with Gasteiger partial charge in [0.1, 0.15) is 5.69 Å². The van der Waals surface area contributed by atoms with Crippen LogP contribution in [0, 0.1) is 0 Å². The number of carboxylic acids is 1. The van der Waals surface area contributed by atoms with E-state index in [4.69, 9.17) is 5.11 Å². The van der Waals surface area contributed by atoms with Crippen molar-refractivity contribution < 1.29 is 9.90 Å². The first-order valence-corrected chi connectivity index (χ1v) is 5.11. The van der Waals surface area contributed by atoms with Crippen LogP contribution in [0.3, 0.4) is 0 Å². The van der Waals surface area contributed by atoms with Crippen LogP contribution in [0.15, 0.2) is 36.5 Å². The van der Waals surface area contributed by atoms with Crippen LogP contribution in [0.4, 0.5) is 0 Å². The van der Waals surface area contributed by atoms with E-state index >= 15 is 0 Å². The lowest BCUT2D eigenvalue weighted by Crippen LogP contribution is -1.95. The molecule has 3 N–H and O–H groups in total. The minimum Gasteiger partial charge on any atom is -0.477 e. The van der Waals surface area contributed by atoms with Gasteiger partial charge < -0.3 is 10.1 Å². The maximum absolute atomic E-state index is 10.8. The summed E-state index contributed by atoms with van der Waals surface area (Å²) in [6.07, 6.45) is 1.85. The minimum absolute atomic E-state index is 0.0866. The van der Waals surface area contributed by atoms with Gasteiger partial charge in [0.15, 0.2) is 0 Å². The van der Waals surface area contributed by atoms with Crippen LogP contribution in [0.25, 0.3) is 22.2 Å². The van der Waals surface area contributed by atoms with E-state index in [2.05, 4.69) is 15.2 Å². The SMILES string of the molecule is O=C(O)c1cc(-c2cccc3cc[nH]c23)n[nH]1. The molecule has 0 radical (unpaired) electrons. The molecule has 0 unspecified atom stereocenters. The number of fused-ring (bicyclic) bond motifs is 1. The third-order valence-electron chi connectivity index (χ3n) is 2.67. The zero-order valence-electron chi connectivity index (χ0n) is 8.77. The van der Waals surface area contributed by atoms with Gasteiger partial charge in [0.25, 0.3) is 0 Å². The lowest BCUT2D eigenvalue weighted by Gasteiger charge is -1.98. The summed E-state index contributed by atoms with van der Waals surface area (Å²) in [4.78, 5) is 13.9. The van der Waals surface area contributed by atoms with Gasteiger partial charge in [-0.25, -0.2) is 4.79 Å². The molecule has 5 heteroatoms. The number of hydrogen-bond donors (Lipinski definition) is 3. The molecule has 1 aromatic carbocycles. The molecule has 2 aromatic heterocycles. The Bertz CT molecular complexity index is 696. The fraction of sp³-hybridized carbons (Fsp3) is 0. The van der Waals surface area contributed by atoms with Crippen LogP contribution >= 0.6 is 0 Å². The summed E-state index contributed by atoms with van der Waals surface area (Å²) in [5, 5.41) is 16.4. The van der Waals surface area contributed by atoms with E-state index < -0.39 is 5.97 Å². The molecule has 2 heterocycles. The normalized spacial score (nSPS) is 10.8. The van der Waals surface area contributed by atoms with Crippen LogP contribution in [0.1, 0.15) is 10.5 Å². The van der Waals surface area contributed by atoms with Crippen LogP contribution in [-0.4, -0.2) is 26.3 Å². The lowest BCUT2D eigenvalue weighted by molar-refractivity contribution is 0.0690. The van der Waals surface area contributed by atoms with E-state index in [1.165, 1.54) is 6.07 Å². The van der Waals surface area contributed by atoms with Gasteiger partial charge in [-0.05, 0) is 12.1 Å².